The lowest BCUT2D eigenvalue weighted by Gasteiger charge is -2.06. The van der Waals surface area contributed by atoms with Crippen molar-refractivity contribution in [3.63, 3.8) is 0 Å². The third kappa shape index (κ3) is 1.95. The van der Waals surface area contributed by atoms with Crippen molar-refractivity contribution in [2.75, 3.05) is 0 Å². The second-order valence-corrected chi connectivity index (χ2v) is 3.76. The van der Waals surface area contributed by atoms with E-state index in [2.05, 4.69) is 55.5 Å². The van der Waals surface area contributed by atoms with Gasteiger partial charge in [0.25, 0.3) is 0 Å². The number of aryl methyl sites for hydroxylation is 2. The van der Waals surface area contributed by atoms with Crippen LogP contribution in [0, 0.1) is 20.8 Å². The highest BCUT2D eigenvalue weighted by atomic mass is 127. The fraction of sp³-hybridized carbons (Fsp3) is 0.400. The molecule has 0 bridgehead atoms. The smallest absolute Gasteiger partial charge is 0.0249 e. The van der Waals surface area contributed by atoms with Gasteiger partial charge in [-0.05, 0) is 37.5 Å². The van der Waals surface area contributed by atoms with Gasteiger partial charge in [0.15, 0.2) is 0 Å². The molecule has 0 aromatic heterocycles. The summed E-state index contributed by atoms with van der Waals surface area (Å²) < 4.78 is 1.12. The summed E-state index contributed by atoms with van der Waals surface area (Å²) >= 11 is 2.41. The van der Waals surface area contributed by atoms with E-state index in [1.165, 1.54) is 22.3 Å². The standard InChI is InChI=1S/C10H13I/c1-7-4-8(2)9(3)10(5-7)6-11/h4-5H,6H2,1-3H3. The molecule has 0 aliphatic rings. The van der Waals surface area contributed by atoms with E-state index < -0.39 is 0 Å². The maximum atomic E-state index is 2.41. The van der Waals surface area contributed by atoms with Crippen LogP contribution in [0.5, 0.6) is 0 Å². The number of rotatable bonds is 1. The van der Waals surface area contributed by atoms with E-state index in [0.717, 1.165) is 4.43 Å². The molecule has 0 atom stereocenters. The average molecular weight is 260 g/mol. The Morgan fingerprint density at radius 1 is 1.18 bits per heavy atom. The van der Waals surface area contributed by atoms with E-state index >= 15 is 0 Å². The minimum atomic E-state index is 1.12. The van der Waals surface area contributed by atoms with Crippen molar-refractivity contribution in [2.24, 2.45) is 0 Å². The fourth-order valence-corrected chi connectivity index (χ4v) is 2.06. The molecule has 1 rings (SSSR count). The number of alkyl halides is 1. The van der Waals surface area contributed by atoms with E-state index in [9.17, 15) is 0 Å². The van der Waals surface area contributed by atoms with Crippen LogP contribution in [-0.2, 0) is 4.43 Å². The zero-order chi connectivity index (χ0) is 8.43. The summed E-state index contributed by atoms with van der Waals surface area (Å²) in [5, 5.41) is 0. The summed E-state index contributed by atoms with van der Waals surface area (Å²) in [5.74, 6) is 0. The SMILES string of the molecule is Cc1cc(C)c(C)c(CI)c1. The molecule has 0 saturated heterocycles. The predicted molar refractivity (Wildman–Crippen MR) is 58.4 cm³/mol. The van der Waals surface area contributed by atoms with Crippen molar-refractivity contribution in [3.8, 4) is 0 Å². The van der Waals surface area contributed by atoms with Gasteiger partial charge in [-0.15, -0.1) is 0 Å². The lowest BCUT2D eigenvalue weighted by Crippen LogP contribution is -1.90. The van der Waals surface area contributed by atoms with E-state index in [1.54, 1.807) is 0 Å². The van der Waals surface area contributed by atoms with Crippen molar-refractivity contribution >= 4 is 22.6 Å². The Bertz CT molecular complexity index is 264. The van der Waals surface area contributed by atoms with Crippen molar-refractivity contribution in [2.45, 2.75) is 25.2 Å². The molecule has 0 radical (unpaired) electrons. The lowest BCUT2D eigenvalue weighted by atomic mass is 10.0. The fourth-order valence-electron chi connectivity index (χ4n) is 1.27. The molecule has 11 heavy (non-hydrogen) atoms. The highest BCUT2D eigenvalue weighted by Crippen LogP contribution is 2.18. The van der Waals surface area contributed by atoms with Crippen LogP contribution in [0.25, 0.3) is 0 Å². The number of hydrogen-bond donors (Lipinski definition) is 0. The maximum Gasteiger partial charge on any atom is 0.0249 e. The monoisotopic (exact) mass is 260 g/mol. The number of benzene rings is 1. The first-order valence-electron chi connectivity index (χ1n) is 3.78. The molecule has 0 aliphatic carbocycles. The first-order valence-corrected chi connectivity index (χ1v) is 5.30. The zero-order valence-corrected chi connectivity index (χ0v) is 9.40. The molecule has 0 spiro atoms. The van der Waals surface area contributed by atoms with Gasteiger partial charge < -0.3 is 0 Å². The molecule has 0 saturated carbocycles. The van der Waals surface area contributed by atoms with E-state index in [-0.39, 0.29) is 0 Å². The highest BCUT2D eigenvalue weighted by molar-refractivity contribution is 14.1. The molecule has 0 aliphatic heterocycles. The van der Waals surface area contributed by atoms with Crippen molar-refractivity contribution in [1.29, 1.82) is 0 Å². The summed E-state index contributed by atoms with van der Waals surface area (Å²) in [6.45, 7) is 6.53. The van der Waals surface area contributed by atoms with Crippen molar-refractivity contribution in [3.05, 3.63) is 34.4 Å². The van der Waals surface area contributed by atoms with Crippen LogP contribution in [0.3, 0.4) is 0 Å². The minimum absolute atomic E-state index is 1.12. The molecule has 0 amide bonds. The Morgan fingerprint density at radius 3 is 2.36 bits per heavy atom. The first-order chi connectivity index (χ1) is 5.15. The van der Waals surface area contributed by atoms with E-state index in [0.29, 0.717) is 0 Å². The van der Waals surface area contributed by atoms with Gasteiger partial charge >= 0.3 is 0 Å². The Hall–Kier alpha value is -0.0500. The van der Waals surface area contributed by atoms with Gasteiger partial charge in [-0.2, -0.15) is 0 Å². The highest BCUT2D eigenvalue weighted by Gasteiger charge is 1.99. The summed E-state index contributed by atoms with van der Waals surface area (Å²) in [7, 11) is 0. The quantitative estimate of drug-likeness (QED) is 0.535. The van der Waals surface area contributed by atoms with Crippen molar-refractivity contribution in [1.82, 2.24) is 0 Å². The molecule has 0 nitrogen and oxygen atoms in total. The molecule has 0 N–H and O–H groups in total. The molecule has 0 unspecified atom stereocenters. The third-order valence-electron chi connectivity index (χ3n) is 2.06. The van der Waals surface area contributed by atoms with Gasteiger partial charge in [0, 0.05) is 4.43 Å². The molecule has 1 heteroatoms. The zero-order valence-electron chi connectivity index (χ0n) is 7.24. The summed E-state index contributed by atoms with van der Waals surface area (Å²) in [6, 6.07) is 4.51. The largest absolute Gasteiger partial charge is 0.0812 e. The van der Waals surface area contributed by atoms with Crippen LogP contribution < -0.4 is 0 Å². The summed E-state index contributed by atoms with van der Waals surface area (Å²) in [4.78, 5) is 0. The van der Waals surface area contributed by atoms with Crippen LogP contribution in [-0.4, -0.2) is 0 Å². The summed E-state index contributed by atoms with van der Waals surface area (Å²) in [6.07, 6.45) is 0. The Balaban J connectivity index is 3.24. The van der Waals surface area contributed by atoms with Gasteiger partial charge in [0.05, 0.1) is 0 Å². The van der Waals surface area contributed by atoms with E-state index in [4.69, 9.17) is 0 Å². The molecule has 60 valence electrons. The maximum absolute atomic E-state index is 2.41. The molecule has 0 fully saturated rings. The Kier molecular flexibility index (Phi) is 2.93. The summed E-state index contributed by atoms with van der Waals surface area (Å²) in [5.41, 5.74) is 5.71. The first kappa shape index (κ1) is 9.04. The van der Waals surface area contributed by atoms with Gasteiger partial charge in [0.1, 0.15) is 0 Å². The van der Waals surface area contributed by atoms with Crippen LogP contribution in [0.2, 0.25) is 0 Å². The van der Waals surface area contributed by atoms with E-state index in [1.807, 2.05) is 0 Å². The molecular formula is C10H13I. The molecule has 1 aromatic rings. The van der Waals surface area contributed by atoms with Crippen LogP contribution in [0.4, 0.5) is 0 Å². The predicted octanol–water partition coefficient (Wildman–Crippen LogP) is 3.55. The third-order valence-corrected chi connectivity index (χ3v) is 2.89. The molecular weight excluding hydrogens is 247 g/mol. The second kappa shape index (κ2) is 3.57. The Labute approximate surface area is 82.2 Å². The number of halogens is 1. The van der Waals surface area contributed by atoms with Gasteiger partial charge in [-0.1, -0.05) is 40.3 Å². The van der Waals surface area contributed by atoms with Crippen LogP contribution in [0.1, 0.15) is 22.3 Å². The van der Waals surface area contributed by atoms with Gasteiger partial charge in [-0.3, -0.25) is 0 Å². The van der Waals surface area contributed by atoms with Crippen LogP contribution in [0.15, 0.2) is 12.1 Å². The minimum Gasteiger partial charge on any atom is -0.0812 e. The topological polar surface area (TPSA) is 0 Å². The average Bonchev–Trinajstić information content (AvgIpc) is 1.96. The second-order valence-electron chi connectivity index (χ2n) is 3.00. The normalized spacial score (nSPS) is 10.2. The molecule has 1 aromatic carbocycles. The van der Waals surface area contributed by atoms with Crippen molar-refractivity contribution < 1.29 is 0 Å². The number of hydrogen-bond acceptors (Lipinski definition) is 0. The van der Waals surface area contributed by atoms with Gasteiger partial charge in [0.2, 0.25) is 0 Å². The van der Waals surface area contributed by atoms with Crippen LogP contribution >= 0.6 is 22.6 Å². The molecule has 0 heterocycles. The van der Waals surface area contributed by atoms with Gasteiger partial charge in [-0.25, -0.2) is 0 Å². The Morgan fingerprint density at radius 2 is 1.82 bits per heavy atom. The lowest BCUT2D eigenvalue weighted by molar-refractivity contribution is 1.23.